The number of rotatable bonds is 6. The van der Waals surface area contributed by atoms with Crippen molar-refractivity contribution in [3.8, 4) is 5.75 Å². The molecular formula is C22H28F3N5O3. The standard InChI is InChI=1S/C22H28F3N5O3/c1-13-11-16(33-15-6-4-14(5-7-15)22(23,24)25)8-9-30(13)20-18(26)19(28-21(31)29-20)27-12-17-3-2-10-32-17/h4-7,13,16-17H,2-3,8-12,26H2,1H3,(H2,27,28,29,31)/t13-,16-,17-/m0/s1. The summed E-state index contributed by atoms with van der Waals surface area (Å²) in [7, 11) is 0. The van der Waals surface area contributed by atoms with Crippen LogP contribution in [0.1, 0.15) is 38.2 Å². The number of halogens is 3. The molecule has 2 aromatic rings. The molecule has 2 aliphatic heterocycles. The number of nitrogen functional groups attached to an aromatic ring is 1. The molecule has 4 rings (SSSR count). The van der Waals surface area contributed by atoms with Crippen molar-refractivity contribution in [3.63, 3.8) is 0 Å². The monoisotopic (exact) mass is 467 g/mol. The maximum atomic E-state index is 12.8. The van der Waals surface area contributed by atoms with Crippen molar-refractivity contribution in [1.29, 1.82) is 0 Å². The summed E-state index contributed by atoms with van der Waals surface area (Å²) in [6.07, 6.45) is -1.28. The maximum Gasteiger partial charge on any atom is 0.416 e. The van der Waals surface area contributed by atoms with Crippen LogP contribution in [0, 0.1) is 0 Å². The van der Waals surface area contributed by atoms with Crippen molar-refractivity contribution >= 4 is 17.3 Å². The lowest BCUT2D eigenvalue weighted by Gasteiger charge is -2.39. The minimum Gasteiger partial charge on any atom is -0.490 e. The van der Waals surface area contributed by atoms with Crippen LogP contribution < -0.4 is 26.4 Å². The topological polar surface area (TPSA) is 106 Å². The number of aromatic nitrogens is 2. The number of alkyl halides is 3. The van der Waals surface area contributed by atoms with E-state index in [1.54, 1.807) is 0 Å². The maximum absolute atomic E-state index is 12.8. The summed E-state index contributed by atoms with van der Waals surface area (Å²) in [5.41, 5.74) is 5.49. The Kier molecular flexibility index (Phi) is 6.68. The first-order valence-corrected chi connectivity index (χ1v) is 11.1. The zero-order valence-corrected chi connectivity index (χ0v) is 18.3. The van der Waals surface area contributed by atoms with E-state index in [0.717, 1.165) is 31.6 Å². The number of hydrogen-bond donors (Lipinski definition) is 3. The molecule has 0 aliphatic carbocycles. The van der Waals surface area contributed by atoms with Crippen molar-refractivity contribution in [2.45, 2.75) is 57.0 Å². The highest BCUT2D eigenvalue weighted by Gasteiger charge is 2.32. The van der Waals surface area contributed by atoms with E-state index in [2.05, 4.69) is 15.3 Å². The quantitative estimate of drug-likeness (QED) is 0.598. The van der Waals surface area contributed by atoms with Gasteiger partial charge in [0.05, 0.1) is 11.7 Å². The zero-order chi connectivity index (χ0) is 23.6. The van der Waals surface area contributed by atoms with Crippen LogP contribution in [-0.4, -0.2) is 47.9 Å². The molecule has 0 unspecified atom stereocenters. The fourth-order valence-electron chi connectivity index (χ4n) is 4.32. The van der Waals surface area contributed by atoms with Gasteiger partial charge in [-0.25, -0.2) is 4.79 Å². The summed E-state index contributed by atoms with van der Waals surface area (Å²) in [6, 6.07) is 4.66. The number of ether oxygens (including phenoxy) is 2. The average Bonchev–Trinajstić information content (AvgIpc) is 3.28. The van der Waals surface area contributed by atoms with E-state index in [0.29, 0.717) is 49.0 Å². The Hall–Kier alpha value is -2.95. The molecule has 33 heavy (non-hydrogen) atoms. The van der Waals surface area contributed by atoms with Crippen LogP contribution in [0.2, 0.25) is 0 Å². The first kappa shape index (κ1) is 23.2. The second-order valence-corrected chi connectivity index (χ2v) is 8.50. The predicted octanol–water partition coefficient (Wildman–Crippen LogP) is 3.40. The SMILES string of the molecule is C[C@H]1C[C@@H](Oc2ccc(C(F)(F)F)cc2)CCN1c1nc(=O)[nH]c(NC[C@@H]2CCCO2)c1N. The van der Waals surface area contributed by atoms with Crippen LogP contribution in [0.3, 0.4) is 0 Å². The number of hydrogen-bond acceptors (Lipinski definition) is 7. The largest absolute Gasteiger partial charge is 0.490 e. The van der Waals surface area contributed by atoms with E-state index < -0.39 is 17.4 Å². The second kappa shape index (κ2) is 9.50. The van der Waals surface area contributed by atoms with E-state index in [1.165, 1.54) is 12.1 Å². The van der Waals surface area contributed by atoms with Gasteiger partial charge in [0.1, 0.15) is 23.4 Å². The lowest BCUT2D eigenvalue weighted by atomic mass is 10.00. The van der Waals surface area contributed by atoms with Crippen molar-refractivity contribution in [2.75, 3.05) is 35.6 Å². The molecule has 2 aliphatic rings. The molecule has 0 spiro atoms. The second-order valence-electron chi connectivity index (χ2n) is 8.50. The van der Waals surface area contributed by atoms with E-state index in [4.69, 9.17) is 15.2 Å². The molecule has 8 nitrogen and oxygen atoms in total. The molecule has 2 saturated heterocycles. The number of anilines is 3. The molecular weight excluding hydrogens is 439 g/mol. The highest BCUT2D eigenvalue weighted by atomic mass is 19.4. The third kappa shape index (κ3) is 5.52. The molecule has 1 aromatic carbocycles. The molecule has 2 fully saturated rings. The van der Waals surface area contributed by atoms with Gasteiger partial charge in [0.15, 0.2) is 5.82 Å². The fourth-order valence-corrected chi connectivity index (χ4v) is 4.32. The molecule has 1 aromatic heterocycles. The van der Waals surface area contributed by atoms with Crippen LogP contribution >= 0.6 is 0 Å². The lowest BCUT2D eigenvalue weighted by Crippen LogP contribution is -2.45. The van der Waals surface area contributed by atoms with Gasteiger partial charge < -0.3 is 25.4 Å². The molecule has 0 saturated carbocycles. The molecule has 11 heteroatoms. The number of nitrogens with one attached hydrogen (secondary N) is 2. The predicted molar refractivity (Wildman–Crippen MR) is 119 cm³/mol. The van der Waals surface area contributed by atoms with Gasteiger partial charge in [0.25, 0.3) is 0 Å². The van der Waals surface area contributed by atoms with Gasteiger partial charge in [-0.1, -0.05) is 0 Å². The Morgan fingerprint density at radius 2 is 2.06 bits per heavy atom. The molecule has 0 radical (unpaired) electrons. The van der Waals surface area contributed by atoms with E-state index in [9.17, 15) is 18.0 Å². The van der Waals surface area contributed by atoms with E-state index in [1.807, 2.05) is 11.8 Å². The van der Waals surface area contributed by atoms with Crippen LogP contribution in [0.4, 0.5) is 30.5 Å². The first-order chi connectivity index (χ1) is 15.7. The van der Waals surface area contributed by atoms with Gasteiger partial charge in [0, 0.05) is 38.6 Å². The van der Waals surface area contributed by atoms with Crippen molar-refractivity contribution in [2.24, 2.45) is 0 Å². The first-order valence-electron chi connectivity index (χ1n) is 11.1. The van der Waals surface area contributed by atoms with Gasteiger partial charge in [-0.2, -0.15) is 18.2 Å². The van der Waals surface area contributed by atoms with E-state index in [-0.39, 0.29) is 18.2 Å². The van der Waals surface area contributed by atoms with Gasteiger partial charge in [-0.05, 0) is 44.0 Å². The summed E-state index contributed by atoms with van der Waals surface area (Å²) >= 11 is 0. The van der Waals surface area contributed by atoms with Gasteiger partial charge in [-0.3, -0.25) is 4.98 Å². The van der Waals surface area contributed by atoms with Crippen molar-refractivity contribution in [3.05, 3.63) is 40.3 Å². The summed E-state index contributed by atoms with van der Waals surface area (Å²) in [4.78, 5) is 20.9. The fraction of sp³-hybridized carbons (Fsp3) is 0.545. The zero-order valence-electron chi connectivity index (χ0n) is 18.3. The minimum absolute atomic E-state index is 0.0409. The third-order valence-corrected chi connectivity index (χ3v) is 6.06. The molecule has 0 bridgehead atoms. The summed E-state index contributed by atoms with van der Waals surface area (Å²) in [5.74, 6) is 1.23. The van der Waals surface area contributed by atoms with Crippen LogP contribution in [0.5, 0.6) is 5.75 Å². The van der Waals surface area contributed by atoms with E-state index >= 15 is 0 Å². The number of nitrogens with two attached hydrogens (primary N) is 1. The minimum atomic E-state index is -4.38. The molecule has 180 valence electrons. The molecule has 0 amide bonds. The Morgan fingerprint density at radius 1 is 1.30 bits per heavy atom. The molecule has 4 N–H and O–H groups in total. The number of piperidine rings is 1. The van der Waals surface area contributed by atoms with Crippen molar-refractivity contribution < 1.29 is 22.6 Å². The number of aromatic amines is 1. The number of benzene rings is 1. The van der Waals surface area contributed by atoms with Gasteiger partial charge in [-0.15, -0.1) is 0 Å². The highest BCUT2D eigenvalue weighted by Crippen LogP contribution is 2.33. The summed E-state index contributed by atoms with van der Waals surface area (Å²) in [6.45, 7) is 3.80. The lowest BCUT2D eigenvalue weighted by molar-refractivity contribution is -0.137. The molecule has 3 heterocycles. The Labute approximate surface area is 189 Å². The van der Waals surface area contributed by atoms with Gasteiger partial charge >= 0.3 is 11.9 Å². The van der Waals surface area contributed by atoms with Crippen LogP contribution in [0.15, 0.2) is 29.1 Å². The van der Waals surface area contributed by atoms with Crippen molar-refractivity contribution in [1.82, 2.24) is 9.97 Å². The third-order valence-electron chi connectivity index (χ3n) is 6.06. The smallest absolute Gasteiger partial charge is 0.416 e. The highest BCUT2D eigenvalue weighted by molar-refractivity contribution is 5.75. The normalized spacial score (nSPS) is 23.5. The number of nitrogens with zero attached hydrogens (tertiary/aromatic N) is 2. The van der Waals surface area contributed by atoms with Crippen LogP contribution in [-0.2, 0) is 10.9 Å². The summed E-state index contributed by atoms with van der Waals surface area (Å²) < 4.78 is 49.8. The molecule has 3 atom stereocenters. The average molecular weight is 467 g/mol. The van der Waals surface area contributed by atoms with Crippen LogP contribution in [0.25, 0.3) is 0 Å². The Bertz CT molecular complexity index is 1010. The Balaban J connectivity index is 1.40. The number of H-pyrrole nitrogens is 1. The Morgan fingerprint density at radius 3 is 2.70 bits per heavy atom. The van der Waals surface area contributed by atoms with Gasteiger partial charge in [0.2, 0.25) is 0 Å². The summed E-state index contributed by atoms with van der Waals surface area (Å²) in [5, 5.41) is 3.17.